The van der Waals surface area contributed by atoms with Crippen molar-refractivity contribution >= 4 is 49.8 Å². The molecule has 216 valence electrons. The number of sulfonamides is 1. The zero-order valence-electron chi connectivity index (χ0n) is 21.9. The number of morpholine rings is 1. The Morgan fingerprint density at radius 3 is 2.56 bits per heavy atom. The number of halogens is 3. The molecule has 41 heavy (non-hydrogen) atoms. The zero-order valence-corrected chi connectivity index (χ0v) is 24.2. The van der Waals surface area contributed by atoms with E-state index in [4.69, 9.17) is 42.1 Å². The first-order chi connectivity index (χ1) is 19.7. The van der Waals surface area contributed by atoms with Crippen molar-refractivity contribution in [2.24, 2.45) is 0 Å². The molecule has 1 N–H and O–H groups in total. The van der Waals surface area contributed by atoms with Crippen molar-refractivity contribution < 1.29 is 31.8 Å². The summed E-state index contributed by atoms with van der Waals surface area (Å²) in [6, 6.07) is 12.8. The van der Waals surface area contributed by atoms with Gasteiger partial charge in [-0.15, -0.1) is 0 Å². The van der Waals surface area contributed by atoms with Crippen LogP contribution < -0.4 is 18.9 Å². The Bertz CT molecular complexity index is 1670. The van der Waals surface area contributed by atoms with E-state index in [1.54, 1.807) is 18.2 Å². The maximum absolute atomic E-state index is 15.1. The number of methoxy groups -OCH3 is 1. The summed E-state index contributed by atoms with van der Waals surface area (Å²) < 4.78 is 65.8. The largest absolute Gasteiger partial charge is 0.493 e. The molecule has 5 rings (SSSR count). The molecule has 0 spiro atoms. The van der Waals surface area contributed by atoms with Gasteiger partial charge in [-0.25, -0.2) is 12.8 Å². The second-order valence-electron chi connectivity index (χ2n) is 9.06. The summed E-state index contributed by atoms with van der Waals surface area (Å²) in [7, 11) is -2.59. The van der Waals surface area contributed by atoms with Gasteiger partial charge in [-0.1, -0.05) is 23.2 Å². The van der Waals surface area contributed by atoms with E-state index >= 15 is 4.39 Å². The van der Waals surface area contributed by atoms with Gasteiger partial charge in [-0.3, -0.25) is 14.6 Å². The van der Waals surface area contributed by atoms with Crippen LogP contribution in [0.1, 0.15) is 0 Å². The van der Waals surface area contributed by atoms with Gasteiger partial charge >= 0.3 is 0 Å². The van der Waals surface area contributed by atoms with Crippen LogP contribution in [0.25, 0.3) is 10.9 Å². The molecule has 0 atom stereocenters. The molecule has 0 bridgehead atoms. The molecule has 4 aromatic rings. The van der Waals surface area contributed by atoms with E-state index in [-0.39, 0.29) is 26.4 Å². The Labute approximate surface area is 246 Å². The monoisotopic (exact) mass is 621 g/mol. The van der Waals surface area contributed by atoms with E-state index in [1.165, 1.54) is 43.6 Å². The third kappa shape index (κ3) is 6.94. The molecule has 0 aliphatic carbocycles. The fraction of sp³-hybridized carbons (Fsp3) is 0.250. The third-order valence-corrected chi connectivity index (χ3v) is 8.44. The molecular weight excluding hydrogens is 596 g/mol. The average Bonchev–Trinajstić information content (AvgIpc) is 2.96. The Hall–Kier alpha value is -3.35. The number of ether oxygens (including phenoxy) is 4. The predicted molar refractivity (Wildman–Crippen MR) is 155 cm³/mol. The molecule has 1 saturated heterocycles. The molecular formula is C28H26Cl2FN3O6S. The normalized spacial score (nSPS) is 14.1. The molecule has 0 saturated carbocycles. The minimum atomic E-state index is -4.13. The number of aromatic nitrogens is 1. The number of benzene rings is 3. The summed E-state index contributed by atoms with van der Waals surface area (Å²) in [6.45, 7) is 4.35. The zero-order chi connectivity index (χ0) is 29.0. The third-order valence-electron chi connectivity index (χ3n) is 6.34. The molecule has 1 aliphatic heterocycles. The molecule has 1 fully saturated rings. The number of hydrogen-bond acceptors (Lipinski definition) is 8. The van der Waals surface area contributed by atoms with Gasteiger partial charge in [-0.05, 0) is 42.5 Å². The van der Waals surface area contributed by atoms with Crippen LogP contribution >= 0.6 is 23.2 Å². The highest BCUT2D eigenvalue weighted by molar-refractivity contribution is 7.92. The second kappa shape index (κ2) is 12.7. The highest BCUT2D eigenvalue weighted by Gasteiger charge is 2.20. The lowest BCUT2D eigenvalue weighted by Crippen LogP contribution is -2.38. The fourth-order valence-electron chi connectivity index (χ4n) is 4.26. The Morgan fingerprint density at radius 1 is 1.00 bits per heavy atom. The van der Waals surface area contributed by atoms with Crippen molar-refractivity contribution in [3.63, 3.8) is 0 Å². The summed E-state index contributed by atoms with van der Waals surface area (Å²) in [5, 5.41) is 0.746. The summed E-state index contributed by atoms with van der Waals surface area (Å²) in [5.41, 5.74) is 0.541. The first kappa shape index (κ1) is 29.2. The van der Waals surface area contributed by atoms with E-state index in [0.29, 0.717) is 48.0 Å². The van der Waals surface area contributed by atoms with Crippen LogP contribution in [-0.2, 0) is 14.8 Å². The molecule has 0 amide bonds. The fourth-order valence-corrected chi connectivity index (χ4v) is 6.07. The average molecular weight is 623 g/mol. The number of fused-ring (bicyclic) bond motifs is 1. The van der Waals surface area contributed by atoms with Gasteiger partial charge < -0.3 is 18.9 Å². The van der Waals surface area contributed by atoms with Crippen molar-refractivity contribution in [3.8, 4) is 23.0 Å². The van der Waals surface area contributed by atoms with Crippen LogP contribution in [0.15, 0.2) is 65.7 Å². The highest BCUT2D eigenvalue weighted by Crippen LogP contribution is 2.38. The summed E-state index contributed by atoms with van der Waals surface area (Å²) >= 11 is 11.9. The van der Waals surface area contributed by atoms with Crippen LogP contribution in [0.4, 0.5) is 10.1 Å². The summed E-state index contributed by atoms with van der Waals surface area (Å²) in [4.78, 5) is 6.44. The van der Waals surface area contributed by atoms with Crippen LogP contribution in [0.3, 0.4) is 0 Å². The first-order valence-corrected chi connectivity index (χ1v) is 14.8. The van der Waals surface area contributed by atoms with Gasteiger partial charge in [-0.2, -0.15) is 0 Å². The van der Waals surface area contributed by atoms with Crippen molar-refractivity contribution in [1.82, 2.24) is 9.88 Å². The number of pyridine rings is 1. The van der Waals surface area contributed by atoms with E-state index in [1.807, 2.05) is 0 Å². The maximum atomic E-state index is 15.1. The van der Waals surface area contributed by atoms with Gasteiger partial charge in [0.15, 0.2) is 23.1 Å². The minimum absolute atomic E-state index is 0.0204. The second-order valence-corrected chi connectivity index (χ2v) is 11.6. The molecule has 9 nitrogen and oxygen atoms in total. The lowest BCUT2D eigenvalue weighted by atomic mass is 10.1. The van der Waals surface area contributed by atoms with Crippen LogP contribution in [0.5, 0.6) is 23.0 Å². The van der Waals surface area contributed by atoms with Gasteiger partial charge in [0.2, 0.25) is 0 Å². The topological polar surface area (TPSA) is 99.2 Å². The van der Waals surface area contributed by atoms with E-state index in [0.717, 1.165) is 25.7 Å². The number of nitrogens with one attached hydrogen (secondary N) is 1. The molecule has 1 aromatic heterocycles. The van der Waals surface area contributed by atoms with Gasteiger partial charge in [0.05, 0.1) is 36.6 Å². The molecule has 13 heteroatoms. The molecule has 2 heterocycles. The van der Waals surface area contributed by atoms with E-state index in [9.17, 15) is 8.42 Å². The van der Waals surface area contributed by atoms with Crippen molar-refractivity contribution in [3.05, 3.63) is 76.7 Å². The maximum Gasteiger partial charge on any atom is 0.263 e. The Kier molecular flexibility index (Phi) is 9.00. The SMILES string of the molecule is COc1cc2c(Oc3ccc(NS(=O)(=O)c4cc(Cl)ccc4Cl)cc3F)ccnc2cc1OCCN1CCOCC1. The lowest BCUT2D eigenvalue weighted by Gasteiger charge is -2.26. The smallest absolute Gasteiger partial charge is 0.263 e. The molecule has 0 radical (unpaired) electrons. The predicted octanol–water partition coefficient (Wildman–Crippen LogP) is 5.99. The number of hydrogen-bond donors (Lipinski definition) is 1. The molecule has 0 unspecified atom stereocenters. The number of rotatable bonds is 10. The van der Waals surface area contributed by atoms with Crippen LogP contribution in [-0.4, -0.2) is 64.9 Å². The van der Waals surface area contributed by atoms with E-state index in [2.05, 4.69) is 14.6 Å². The summed E-state index contributed by atoms with van der Waals surface area (Å²) in [5.74, 6) is 0.419. The highest BCUT2D eigenvalue weighted by atomic mass is 35.5. The Morgan fingerprint density at radius 2 is 1.80 bits per heavy atom. The number of nitrogens with zero attached hydrogens (tertiary/aromatic N) is 2. The van der Waals surface area contributed by atoms with Crippen LogP contribution in [0.2, 0.25) is 10.0 Å². The summed E-state index contributed by atoms with van der Waals surface area (Å²) in [6.07, 6.45) is 1.54. The first-order valence-electron chi connectivity index (χ1n) is 12.6. The molecule has 1 aliphatic rings. The Balaban J connectivity index is 1.33. The number of anilines is 1. The quantitative estimate of drug-likeness (QED) is 0.230. The van der Waals surface area contributed by atoms with Crippen molar-refractivity contribution in [1.29, 1.82) is 0 Å². The van der Waals surface area contributed by atoms with Crippen molar-refractivity contribution in [2.45, 2.75) is 4.90 Å². The standard InChI is InChI=1S/C28H26Cl2FN3O6S/c1-37-26-16-20-23(17-27(26)39-13-10-34-8-11-38-12-9-34)32-7-6-24(20)40-25-5-3-19(15-22(25)31)33-41(35,36)28-14-18(29)2-4-21(28)30/h2-7,14-17,33H,8-13H2,1H3. The van der Waals surface area contributed by atoms with Gasteiger partial charge in [0.25, 0.3) is 10.0 Å². The van der Waals surface area contributed by atoms with Gasteiger partial charge in [0, 0.05) is 48.4 Å². The van der Waals surface area contributed by atoms with Crippen LogP contribution in [0, 0.1) is 5.82 Å². The molecule has 3 aromatic carbocycles. The minimum Gasteiger partial charge on any atom is -0.493 e. The lowest BCUT2D eigenvalue weighted by molar-refractivity contribution is 0.0321. The van der Waals surface area contributed by atoms with E-state index < -0.39 is 15.8 Å². The van der Waals surface area contributed by atoms with Gasteiger partial charge in [0.1, 0.15) is 17.3 Å². The van der Waals surface area contributed by atoms with Crippen molar-refractivity contribution in [2.75, 3.05) is 51.3 Å².